The molecule has 0 aliphatic rings. The van der Waals surface area contributed by atoms with Crippen LogP contribution in [0.3, 0.4) is 0 Å². The Kier molecular flexibility index (Phi) is 9.07. The highest BCUT2D eigenvalue weighted by Gasteiger charge is 2.14. The Morgan fingerprint density at radius 1 is 1.13 bits per heavy atom. The Morgan fingerprint density at radius 2 is 1.87 bits per heavy atom. The van der Waals surface area contributed by atoms with Crippen molar-refractivity contribution in [1.29, 1.82) is 0 Å². The van der Waals surface area contributed by atoms with Gasteiger partial charge in [0.2, 0.25) is 0 Å². The summed E-state index contributed by atoms with van der Waals surface area (Å²) in [6.45, 7) is 7.73. The van der Waals surface area contributed by atoms with Gasteiger partial charge in [0, 0.05) is 35.8 Å². The van der Waals surface area contributed by atoms with Gasteiger partial charge in [-0.1, -0.05) is 51.0 Å². The number of ketones is 1. The number of para-hydroxylation sites is 1. The Balaban J connectivity index is 1.73. The lowest BCUT2D eigenvalue weighted by atomic mass is 10.1. The monoisotopic (exact) mass is 438 g/mol. The number of rotatable bonds is 13. The first-order valence-corrected chi connectivity index (χ1v) is 12.2. The predicted octanol–water partition coefficient (Wildman–Crippen LogP) is 5.86. The van der Waals surface area contributed by atoms with Crippen LogP contribution >= 0.6 is 11.3 Å². The molecule has 0 spiro atoms. The molecular weight excluding hydrogens is 404 g/mol. The maximum Gasteiger partial charge on any atom is 0.195 e. The molecule has 0 aliphatic carbocycles. The summed E-state index contributed by atoms with van der Waals surface area (Å²) in [6, 6.07) is 11.9. The van der Waals surface area contributed by atoms with E-state index in [1.165, 1.54) is 24.2 Å². The average molecular weight is 439 g/mol. The summed E-state index contributed by atoms with van der Waals surface area (Å²) in [5.41, 5.74) is 2.08. The Morgan fingerprint density at radius 3 is 2.55 bits per heavy atom. The lowest BCUT2D eigenvalue weighted by Gasteiger charge is -2.25. The molecule has 1 atom stereocenters. The van der Waals surface area contributed by atoms with Crippen LogP contribution in [0.5, 0.6) is 0 Å². The third kappa shape index (κ3) is 6.63. The summed E-state index contributed by atoms with van der Waals surface area (Å²) in [6.07, 6.45) is 9.81. The van der Waals surface area contributed by atoms with E-state index in [1.54, 1.807) is 6.08 Å². The fourth-order valence-corrected chi connectivity index (χ4v) is 4.51. The molecule has 0 aliphatic heterocycles. The SMILES string of the molecule is CCCCN(CCCC)CC(O)Cn1cc(/C=C/C(=O)c2cccs2)c2ccccc21. The first kappa shape index (κ1) is 23.5. The molecule has 0 saturated carbocycles. The zero-order valence-corrected chi connectivity index (χ0v) is 19.5. The highest BCUT2D eigenvalue weighted by molar-refractivity contribution is 7.12. The van der Waals surface area contributed by atoms with Gasteiger partial charge in [-0.25, -0.2) is 0 Å². The van der Waals surface area contributed by atoms with Crippen molar-refractivity contribution >= 4 is 34.1 Å². The number of hydrogen-bond donors (Lipinski definition) is 1. The molecule has 31 heavy (non-hydrogen) atoms. The van der Waals surface area contributed by atoms with Crippen molar-refractivity contribution in [1.82, 2.24) is 9.47 Å². The minimum atomic E-state index is -0.436. The van der Waals surface area contributed by atoms with E-state index in [-0.39, 0.29) is 5.78 Å². The van der Waals surface area contributed by atoms with Crippen LogP contribution in [0.2, 0.25) is 0 Å². The van der Waals surface area contributed by atoms with E-state index in [0.717, 1.165) is 47.3 Å². The lowest BCUT2D eigenvalue weighted by Crippen LogP contribution is -2.36. The normalized spacial score (nSPS) is 12.9. The number of hydrogen-bond acceptors (Lipinski definition) is 4. The number of unbranched alkanes of at least 4 members (excludes halogenated alkanes) is 2. The summed E-state index contributed by atoms with van der Waals surface area (Å²) in [5, 5.41) is 13.9. The maximum absolute atomic E-state index is 12.4. The average Bonchev–Trinajstić information content (AvgIpc) is 3.43. The second-order valence-electron chi connectivity index (χ2n) is 8.09. The van der Waals surface area contributed by atoms with Gasteiger partial charge in [-0.05, 0) is 55.6 Å². The van der Waals surface area contributed by atoms with Crippen LogP contribution in [0.15, 0.2) is 54.1 Å². The smallest absolute Gasteiger partial charge is 0.195 e. The Hall–Kier alpha value is -2.21. The van der Waals surface area contributed by atoms with Crippen LogP contribution < -0.4 is 0 Å². The number of aliphatic hydroxyl groups excluding tert-OH is 1. The van der Waals surface area contributed by atoms with Crippen molar-refractivity contribution in [3.63, 3.8) is 0 Å². The molecule has 1 aromatic carbocycles. The number of benzene rings is 1. The third-order valence-corrected chi connectivity index (χ3v) is 6.41. The van der Waals surface area contributed by atoms with Crippen LogP contribution in [-0.2, 0) is 6.54 Å². The first-order chi connectivity index (χ1) is 15.1. The van der Waals surface area contributed by atoms with Crippen LogP contribution in [0.1, 0.15) is 54.8 Å². The number of nitrogens with zero attached hydrogens (tertiary/aromatic N) is 2. The quantitative estimate of drug-likeness (QED) is 0.268. The molecule has 3 aromatic rings. The van der Waals surface area contributed by atoms with Crippen molar-refractivity contribution in [3.8, 4) is 0 Å². The van der Waals surface area contributed by atoms with Crippen LogP contribution in [0.4, 0.5) is 0 Å². The number of aromatic nitrogens is 1. The van der Waals surface area contributed by atoms with Gasteiger partial charge in [-0.15, -0.1) is 11.3 Å². The molecule has 0 amide bonds. The second kappa shape index (κ2) is 12.0. The number of carbonyl (C=O) groups is 1. The topological polar surface area (TPSA) is 45.5 Å². The van der Waals surface area contributed by atoms with E-state index in [4.69, 9.17) is 0 Å². The van der Waals surface area contributed by atoms with E-state index < -0.39 is 6.10 Å². The molecule has 0 radical (unpaired) electrons. The summed E-state index contributed by atoms with van der Waals surface area (Å²) in [4.78, 5) is 15.5. The molecule has 3 rings (SSSR count). The molecule has 4 nitrogen and oxygen atoms in total. The number of aliphatic hydroxyl groups is 1. The minimum Gasteiger partial charge on any atom is -0.390 e. The fraction of sp³-hybridized carbons (Fsp3) is 0.423. The molecule has 1 N–H and O–H groups in total. The molecule has 2 aromatic heterocycles. The molecule has 1 unspecified atom stereocenters. The maximum atomic E-state index is 12.4. The van der Waals surface area contributed by atoms with Gasteiger partial charge in [0.25, 0.3) is 0 Å². The van der Waals surface area contributed by atoms with Gasteiger partial charge in [-0.2, -0.15) is 0 Å². The predicted molar refractivity (Wildman–Crippen MR) is 132 cm³/mol. The summed E-state index contributed by atoms with van der Waals surface area (Å²) < 4.78 is 2.12. The highest BCUT2D eigenvalue weighted by atomic mass is 32.1. The van der Waals surface area contributed by atoms with Gasteiger partial charge < -0.3 is 14.6 Å². The van der Waals surface area contributed by atoms with Crippen molar-refractivity contribution in [2.24, 2.45) is 0 Å². The Bertz CT molecular complexity index is 967. The van der Waals surface area contributed by atoms with Gasteiger partial charge in [0.05, 0.1) is 11.0 Å². The Labute approximate surface area is 189 Å². The van der Waals surface area contributed by atoms with Crippen LogP contribution in [0.25, 0.3) is 17.0 Å². The van der Waals surface area contributed by atoms with Gasteiger partial charge in [-0.3, -0.25) is 4.79 Å². The van der Waals surface area contributed by atoms with Crippen LogP contribution in [-0.4, -0.2) is 46.1 Å². The molecule has 166 valence electrons. The summed E-state index contributed by atoms with van der Waals surface area (Å²) in [7, 11) is 0. The fourth-order valence-electron chi connectivity index (χ4n) is 3.87. The second-order valence-corrected chi connectivity index (χ2v) is 9.04. The molecule has 0 saturated heterocycles. The zero-order valence-electron chi connectivity index (χ0n) is 18.7. The standard InChI is InChI=1S/C26H34N2O2S/c1-3-5-15-27(16-6-4-2)19-22(29)20-28-18-21(23-10-7-8-11-24(23)28)13-14-25(30)26-12-9-17-31-26/h7-14,17-18,22,29H,3-6,15-16,19-20H2,1-2H3/b14-13+. The number of fused-ring (bicyclic) bond motifs is 1. The van der Waals surface area contributed by atoms with Crippen molar-refractivity contribution in [3.05, 3.63) is 64.5 Å². The highest BCUT2D eigenvalue weighted by Crippen LogP contribution is 2.23. The summed E-state index contributed by atoms with van der Waals surface area (Å²) in [5.74, 6) is 0.0226. The van der Waals surface area contributed by atoms with E-state index in [0.29, 0.717) is 13.1 Å². The molecule has 2 heterocycles. The molecule has 5 heteroatoms. The van der Waals surface area contributed by atoms with Crippen molar-refractivity contribution in [2.45, 2.75) is 52.2 Å². The first-order valence-electron chi connectivity index (χ1n) is 11.4. The number of carbonyl (C=O) groups excluding carboxylic acids is 1. The van der Waals surface area contributed by atoms with E-state index in [9.17, 15) is 9.90 Å². The third-order valence-electron chi connectivity index (χ3n) is 5.53. The number of thiophene rings is 1. The zero-order chi connectivity index (χ0) is 22.1. The molecule has 0 fully saturated rings. The molecule has 0 bridgehead atoms. The lowest BCUT2D eigenvalue weighted by molar-refractivity contribution is 0.0973. The van der Waals surface area contributed by atoms with Gasteiger partial charge >= 0.3 is 0 Å². The van der Waals surface area contributed by atoms with Crippen molar-refractivity contribution in [2.75, 3.05) is 19.6 Å². The largest absolute Gasteiger partial charge is 0.390 e. The summed E-state index contributed by atoms with van der Waals surface area (Å²) >= 11 is 1.46. The van der Waals surface area contributed by atoms with Crippen molar-refractivity contribution < 1.29 is 9.90 Å². The van der Waals surface area contributed by atoms with Crippen LogP contribution in [0, 0.1) is 0 Å². The van der Waals surface area contributed by atoms with Gasteiger partial charge in [0.1, 0.15) is 0 Å². The minimum absolute atomic E-state index is 0.0226. The molecular formula is C26H34N2O2S. The van der Waals surface area contributed by atoms with E-state index in [2.05, 4.69) is 41.6 Å². The van der Waals surface area contributed by atoms with E-state index >= 15 is 0 Å². The van der Waals surface area contributed by atoms with E-state index in [1.807, 2.05) is 35.7 Å². The van der Waals surface area contributed by atoms with Gasteiger partial charge in [0.15, 0.2) is 5.78 Å². The number of allylic oxidation sites excluding steroid dienone is 1.